The van der Waals surface area contributed by atoms with Gasteiger partial charge in [-0.3, -0.25) is 5.41 Å². The number of hydrogen-bond donors (Lipinski definition) is 2. The molecule has 21 heavy (non-hydrogen) atoms. The molecule has 0 saturated heterocycles. The van der Waals surface area contributed by atoms with Gasteiger partial charge in [-0.25, -0.2) is 0 Å². The van der Waals surface area contributed by atoms with Gasteiger partial charge in [0.1, 0.15) is 11.6 Å². The molecule has 0 radical (unpaired) electrons. The SMILES string of the molecule is CCSc1cccc(OC2CCCC(CC)C2)c1C(=N)N. The van der Waals surface area contributed by atoms with Gasteiger partial charge in [0.15, 0.2) is 0 Å². The highest BCUT2D eigenvalue weighted by atomic mass is 32.2. The molecule has 1 aromatic carbocycles. The van der Waals surface area contributed by atoms with Crippen LogP contribution in [0.5, 0.6) is 5.75 Å². The third kappa shape index (κ3) is 4.16. The van der Waals surface area contributed by atoms with Crippen molar-refractivity contribution >= 4 is 17.6 Å². The van der Waals surface area contributed by atoms with Gasteiger partial charge in [-0.15, -0.1) is 11.8 Å². The number of benzene rings is 1. The standard InChI is InChI=1S/C17H26N2OS/c1-3-12-7-5-8-13(11-12)20-14-9-6-10-15(21-4-2)16(14)17(18)19/h6,9-10,12-13H,3-5,7-8,11H2,1-2H3,(H3,18,19). The van der Waals surface area contributed by atoms with Crippen LogP contribution in [-0.4, -0.2) is 17.7 Å². The minimum Gasteiger partial charge on any atom is -0.490 e. The van der Waals surface area contributed by atoms with E-state index in [0.29, 0.717) is 0 Å². The predicted octanol–water partition coefficient (Wildman–Crippen LogP) is 4.43. The molecule has 3 nitrogen and oxygen atoms in total. The van der Waals surface area contributed by atoms with Crippen LogP contribution < -0.4 is 10.5 Å². The third-order valence-electron chi connectivity index (χ3n) is 4.16. The summed E-state index contributed by atoms with van der Waals surface area (Å²) < 4.78 is 6.23. The largest absolute Gasteiger partial charge is 0.490 e. The zero-order valence-electron chi connectivity index (χ0n) is 13.0. The summed E-state index contributed by atoms with van der Waals surface area (Å²) in [6.45, 7) is 4.36. The summed E-state index contributed by atoms with van der Waals surface area (Å²) in [6, 6.07) is 5.97. The van der Waals surface area contributed by atoms with Crippen molar-refractivity contribution in [3.63, 3.8) is 0 Å². The molecule has 0 aliphatic heterocycles. The van der Waals surface area contributed by atoms with E-state index >= 15 is 0 Å². The van der Waals surface area contributed by atoms with Crippen LogP contribution in [0.1, 0.15) is 51.5 Å². The highest BCUT2D eigenvalue weighted by molar-refractivity contribution is 7.99. The molecule has 4 heteroatoms. The molecule has 0 heterocycles. The minimum atomic E-state index is 0.101. The maximum absolute atomic E-state index is 7.87. The van der Waals surface area contributed by atoms with Crippen molar-refractivity contribution in [3.05, 3.63) is 23.8 Å². The predicted molar refractivity (Wildman–Crippen MR) is 90.5 cm³/mol. The van der Waals surface area contributed by atoms with E-state index in [1.165, 1.54) is 19.3 Å². The summed E-state index contributed by atoms with van der Waals surface area (Å²) in [5, 5.41) is 7.87. The second-order valence-electron chi connectivity index (χ2n) is 5.66. The Kier molecular flexibility index (Phi) is 5.97. The van der Waals surface area contributed by atoms with E-state index in [4.69, 9.17) is 15.9 Å². The average molecular weight is 306 g/mol. The topological polar surface area (TPSA) is 59.1 Å². The smallest absolute Gasteiger partial charge is 0.131 e. The van der Waals surface area contributed by atoms with Gasteiger partial charge in [0.2, 0.25) is 0 Å². The Morgan fingerprint density at radius 2 is 2.19 bits per heavy atom. The van der Waals surface area contributed by atoms with Crippen LogP contribution in [0.3, 0.4) is 0 Å². The van der Waals surface area contributed by atoms with Crippen molar-refractivity contribution in [2.45, 2.75) is 57.0 Å². The maximum atomic E-state index is 7.87. The number of nitrogens with one attached hydrogen (secondary N) is 1. The monoisotopic (exact) mass is 306 g/mol. The number of nitrogen functional groups attached to an aromatic ring is 1. The first-order valence-electron chi connectivity index (χ1n) is 7.92. The van der Waals surface area contributed by atoms with Crippen LogP contribution in [0.25, 0.3) is 0 Å². The molecule has 1 saturated carbocycles. The molecule has 2 rings (SSSR count). The second kappa shape index (κ2) is 7.74. The number of nitrogens with two attached hydrogens (primary N) is 1. The molecular weight excluding hydrogens is 280 g/mol. The molecular formula is C17H26N2OS. The fraction of sp³-hybridized carbons (Fsp3) is 0.588. The quantitative estimate of drug-likeness (QED) is 0.464. The Labute approximate surface area is 132 Å². The number of rotatable bonds is 6. The Bertz CT molecular complexity index is 490. The number of amidine groups is 1. The lowest BCUT2D eigenvalue weighted by Gasteiger charge is -2.29. The highest BCUT2D eigenvalue weighted by Gasteiger charge is 2.23. The van der Waals surface area contributed by atoms with Crippen LogP contribution >= 0.6 is 11.8 Å². The molecule has 1 aromatic rings. The van der Waals surface area contributed by atoms with E-state index in [0.717, 1.165) is 40.7 Å². The van der Waals surface area contributed by atoms with E-state index < -0.39 is 0 Å². The van der Waals surface area contributed by atoms with Gasteiger partial charge in [-0.2, -0.15) is 0 Å². The Morgan fingerprint density at radius 1 is 1.38 bits per heavy atom. The molecule has 0 amide bonds. The van der Waals surface area contributed by atoms with Crippen LogP contribution in [0.2, 0.25) is 0 Å². The van der Waals surface area contributed by atoms with Crippen LogP contribution in [0, 0.1) is 11.3 Å². The fourth-order valence-electron chi connectivity index (χ4n) is 3.05. The van der Waals surface area contributed by atoms with Crippen molar-refractivity contribution in [1.82, 2.24) is 0 Å². The first-order valence-corrected chi connectivity index (χ1v) is 8.91. The van der Waals surface area contributed by atoms with E-state index in [1.54, 1.807) is 11.8 Å². The minimum absolute atomic E-state index is 0.101. The van der Waals surface area contributed by atoms with Gasteiger partial charge < -0.3 is 10.5 Å². The first kappa shape index (κ1) is 16.2. The molecule has 1 aliphatic rings. The molecule has 116 valence electrons. The van der Waals surface area contributed by atoms with Crippen molar-refractivity contribution in [2.75, 3.05) is 5.75 Å². The Balaban J connectivity index is 2.19. The summed E-state index contributed by atoms with van der Waals surface area (Å²) >= 11 is 1.71. The Hall–Kier alpha value is -1.16. The van der Waals surface area contributed by atoms with Crippen LogP contribution in [0.15, 0.2) is 23.1 Å². The van der Waals surface area contributed by atoms with Crippen molar-refractivity contribution < 1.29 is 4.74 Å². The highest BCUT2D eigenvalue weighted by Crippen LogP contribution is 2.34. The van der Waals surface area contributed by atoms with Gasteiger partial charge >= 0.3 is 0 Å². The van der Waals surface area contributed by atoms with E-state index in [1.807, 2.05) is 18.2 Å². The summed E-state index contributed by atoms with van der Waals surface area (Å²) in [6.07, 6.45) is 6.29. The molecule has 2 unspecified atom stereocenters. The number of thioether (sulfide) groups is 1. The van der Waals surface area contributed by atoms with Gasteiger partial charge in [0.05, 0.1) is 11.7 Å². The van der Waals surface area contributed by atoms with E-state index in [9.17, 15) is 0 Å². The first-order chi connectivity index (χ1) is 10.2. The van der Waals surface area contributed by atoms with Gasteiger partial charge in [0, 0.05) is 4.90 Å². The molecule has 1 aliphatic carbocycles. The molecule has 0 aromatic heterocycles. The van der Waals surface area contributed by atoms with Gasteiger partial charge in [0.25, 0.3) is 0 Å². The lowest BCUT2D eigenvalue weighted by molar-refractivity contribution is 0.121. The Morgan fingerprint density at radius 3 is 2.86 bits per heavy atom. The third-order valence-corrected chi connectivity index (χ3v) is 5.10. The maximum Gasteiger partial charge on any atom is 0.131 e. The molecule has 0 bridgehead atoms. The summed E-state index contributed by atoms with van der Waals surface area (Å²) in [5.74, 6) is 2.62. The summed E-state index contributed by atoms with van der Waals surface area (Å²) in [5.41, 5.74) is 6.56. The van der Waals surface area contributed by atoms with Crippen LogP contribution in [-0.2, 0) is 0 Å². The number of hydrogen-bond acceptors (Lipinski definition) is 3. The lowest BCUT2D eigenvalue weighted by Crippen LogP contribution is -2.26. The van der Waals surface area contributed by atoms with Crippen molar-refractivity contribution in [2.24, 2.45) is 11.7 Å². The normalized spacial score (nSPS) is 22.0. The van der Waals surface area contributed by atoms with E-state index in [-0.39, 0.29) is 11.9 Å². The van der Waals surface area contributed by atoms with Crippen molar-refractivity contribution in [3.8, 4) is 5.75 Å². The fourth-order valence-corrected chi connectivity index (χ4v) is 3.89. The molecule has 2 atom stereocenters. The zero-order chi connectivity index (χ0) is 15.2. The van der Waals surface area contributed by atoms with Crippen LogP contribution in [0.4, 0.5) is 0 Å². The summed E-state index contributed by atoms with van der Waals surface area (Å²) in [7, 11) is 0. The molecule has 3 N–H and O–H groups in total. The lowest BCUT2D eigenvalue weighted by atomic mass is 9.85. The number of ether oxygens (including phenoxy) is 1. The van der Waals surface area contributed by atoms with Gasteiger partial charge in [-0.1, -0.05) is 32.8 Å². The van der Waals surface area contributed by atoms with Gasteiger partial charge in [-0.05, 0) is 43.1 Å². The molecule has 1 fully saturated rings. The zero-order valence-corrected chi connectivity index (χ0v) is 13.8. The summed E-state index contributed by atoms with van der Waals surface area (Å²) in [4.78, 5) is 1.05. The second-order valence-corrected chi connectivity index (χ2v) is 6.96. The van der Waals surface area contributed by atoms with E-state index in [2.05, 4.69) is 13.8 Å². The molecule has 0 spiro atoms. The van der Waals surface area contributed by atoms with Crippen molar-refractivity contribution in [1.29, 1.82) is 5.41 Å². The average Bonchev–Trinajstić information content (AvgIpc) is 2.47.